The molecule has 0 aliphatic carbocycles. The highest BCUT2D eigenvalue weighted by molar-refractivity contribution is 7.89. The second kappa shape index (κ2) is 9.90. The average molecular weight is 514 g/mol. The van der Waals surface area contributed by atoms with Crippen LogP contribution in [0.25, 0.3) is 0 Å². The maximum absolute atomic E-state index is 13.5. The Morgan fingerprint density at radius 1 is 0.800 bits per heavy atom. The summed E-state index contributed by atoms with van der Waals surface area (Å²) in [4.78, 5) is 13.6. The fourth-order valence-corrected chi connectivity index (χ4v) is 7.15. The van der Waals surface area contributed by atoms with Crippen LogP contribution in [-0.4, -0.2) is 57.0 Å². The highest BCUT2D eigenvalue weighted by Crippen LogP contribution is 2.26. The minimum atomic E-state index is -4.05. The molecule has 4 rings (SSSR count). The molecule has 8 nitrogen and oxygen atoms in total. The fourth-order valence-electron chi connectivity index (χ4n) is 4.10. The van der Waals surface area contributed by atoms with Crippen LogP contribution in [0.2, 0.25) is 0 Å². The van der Waals surface area contributed by atoms with E-state index in [-0.39, 0.29) is 29.4 Å². The number of aryl methyl sites for hydroxylation is 2. The maximum Gasteiger partial charge on any atom is 0.244 e. The first-order valence-electron chi connectivity index (χ1n) is 11.1. The number of anilines is 1. The van der Waals surface area contributed by atoms with Crippen molar-refractivity contribution in [3.63, 3.8) is 0 Å². The normalized spacial score (nSPS) is 17.7. The molecule has 10 heteroatoms. The molecule has 0 spiro atoms. The van der Waals surface area contributed by atoms with Gasteiger partial charge in [0.25, 0.3) is 0 Å². The van der Waals surface area contributed by atoms with Crippen molar-refractivity contribution < 1.29 is 21.6 Å². The molecular weight excluding hydrogens is 486 g/mol. The zero-order chi connectivity index (χ0) is 25.2. The predicted octanol–water partition coefficient (Wildman–Crippen LogP) is 3.01. The molecule has 1 aliphatic rings. The summed E-state index contributed by atoms with van der Waals surface area (Å²) in [6.07, 6.45) is 0. The highest BCUT2D eigenvalue weighted by Gasteiger charge is 2.43. The van der Waals surface area contributed by atoms with Crippen molar-refractivity contribution in [1.82, 2.24) is 8.61 Å². The number of carbonyl (C=O) groups excluding carboxylic acids is 1. The van der Waals surface area contributed by atoms with Crippen LogP contribution < -0.4 is 5.32 Å². The molecule has 0 saturated carbocycles. The van der Waals surface area contributed by atoms with Gasteiger partial charge in [-0.1, -0.05) is 54.1 Å². The van der Waals surface area contributed by atoms with Gasteiger partial charge in [0.05, 0.1) is 9.79 Å². The monoisotopic (exact) mass is 513 g/mol. The second-order valence-corrected chi connectivity index (χ2v) is 12.3. The second-order valence-electron chi connectivity index (χ2n) is 8.43. The van der Waals surface area contributed by atoms with Crippen molar-refractivity contribution >= 4 is 31.6 Å². The summed E-state index contributed by atoms with van der Waals surface area (Å²) in [5.41, 5.74) is 2.38. The number of nitrogens with zero attached hydrogens (tertiary/aromatic N) is 2. The van der Waals surface area contributed by atoms with Gasteiger partial charge >= 0.3 is 0 Å². The Bertz CT molecular complexity index is 1430. The molecule has 184 valence electrons. The van der Waals surface area contributed by atoms with E-state index < -0.39 is 32.0 Å². The summed E-state index contributed by atoms with van der Waals surface area (Å²) in [7, 11) is -7.96. The predicted molar refractivity (Wildman–Crippen MR) is 134 cm³/mol. The summed E-state index contributed by atoms with van der Waals surface area (Å²) in [5, 5.41) is 2.81. The lowest BCUT2D eigenvalue weighted by Gasteiger charge is -2.39. The molecule has 1 saturated heterocycles. The number of carbonyl (C=O) groups is 1. The van der Waals surface area contributed by atoms with Gasteiger partial charge < -0.3 is 5.32 Å². The van der Waals surface area contributed by atoms with Crippen molar-refractivity contribution in [2.45, 2.75) is 29.7 Å². The van der Waals surface area contributed by atoms with Crippen LogP contribution in [0, 0.1) is 13.8 Å². The third kappa shape index (κ3) is 5.15. The number of sulfonamides is 2. The zero-order valence-corrected chi connectivity index (χ0v) is 21.1. The third-order valence-corrected chi connectivity index (χ3v) is 9.77. The first-order chi connectivity index (χ1) is 16.6. The van der Waals surface area contributed by atoms with Gasteiger partial charge in [-0.15, -0.1) is 0 Å². The lowest BCUT2D eigenvalue weighted by atomic mass is 10.1. The molecule has 3 aromatic carbocycles. The Morgan fingerprint density at radius 3 is 1.94 bits per heavy atom. The molecule has 1 heterocycles. The van der Waals surface area contributed by atoms with E-state index in [0.29, 0.717) is 5.69 Å². The van der Waals surface area contributed by atoms with Crippen LogP contribution in [0.4, 0.5) is 5.69 Å². The van der Waals surface area contributed by atoms with Gasteiger partial charge in [-0.25, -0.2) is 16.8 Å². The van der Waals surface area contributed by atoms with E-state index in [1.165, 1.54) is 28.6 Å². The summed E-state index contributed by atoms with van der Waals surface area (Å²) in [5.74, 6) is -0.593. The van der Waals surface area contributed by atoms with Gasteiger partial charge in [0.1, 0.15) is 6.04 Å². The number of amides is 1. The van der Waals surface area contributed by atoms with Gasteiger partial charge in [0, 0.05) is 25.3 Å². The number of piperazine rings is 1. The van der Waals surface area contributed by atoms with Crippen LogP contribution in [0.5, 0.6) is 0 Å². The van der Waals surface area contributed by atoms with Gasteiger partial charge in [-0.05, 0) is 49.7 Å². The molecule has 1 fully saturated rings. The van der Waals surface area contributed by atoms with Crippen molar-refractivity contribution in [3.8, 4) is 0 Å². The largest absolute Gasteiger partial charge is 0.324 e. The molecule has 1 N–H and O–H groups in total. The van der Waals surface area contributed by atoms with E-state index in [0.717, 1.165) is 15.4 Å². The van der Waals surface area contributed by atoms with Gasteiger partial charge in [0.2, 0.25) is 26.0 Å². The molecule has 0 bridgehead atoms. The minimum absolute atomic E-state index is 0.0451. The average Bonchev–Trinajstić information content (AvgIpc) is 2.86. The quantitative estimate of drug-likeness (QED) is 0.546. The standard InChI is InChI=1S/C25H27N3O5S2/c1-19-13-14-23(20(2)17-19)26-25(29)24-18-27(34(30,31)21-9-5-3-6-10-21)15-16-28(24)35(32,33)22-11-7-4-8-12-22/h3-14,17,24H,15-16,18H2,1-2H3,(H,26,29)/t24-/m0/s1. The van der Waals surface area contributed by atoms with Crippen molar-refractivity contribution in [1.29, 1.82) is 0 Å². The SMILES string of the molecule is Cc1ccc(NC(=O)[C@@H]2CN(S(=O)(=O)c3ccccc3)CCN2S(=O)(=O)c2ccccc2)c(C)c1. The Morgan fingerprint density at radius 2 is 1.37 bits per heavy atom. The number of hydrogen-bond donors (Lipinski definition) is 1. The summed E-state index contributed by atoms with van der Waals surface area (Å²) in [6.45, 7) is 3.24. The molecule has 0 aromatic heterocycles. The first-order valence-corrected chi connectivity index (χ1v) is 14.0. The Balaban J connectivity index is 1.70. The van der Waals surface area contributed by atoms with E-state index in [2.05, 4.69) is 5.32 Å². The van der Waals surface area contributed by atoms with Crippen molar-refractivity contribution in [2.24, 2.45) is 0 Å². The van der Waals surface area contributed by atoms with Crippen LogP contribution in [0.3, 0.4) is 0 Å². The van der Waals surface area contributed by atoms with Crippen LogP contribution in [0.15, 0.2) is 88.7 Å². The lowest BCUT2D eigenvalue weighted by Crippen LogP contribution is -2.60. The molecule has 1 aliphatic heterocycles. The number of benzene rings is 3. The zero-order valence-electron chi connectivity index (χ0n) is 19.5. The lowest BCUT2D eigenvalue weighted by molar-refractivity contribution is -0.120. The molecule has 0 unspecified atom stereocenters. The number of nitrogens with one attached hydrogen (secondary N) is 1. The van der Waals surface area contributed by atoms with E-state index in [1.807, 2.05) is 26.0 Å². The third-order valence-electron chi connectivity index (χ3n) is 5.97. The fraction of sp³-hybridized carbons (Fsp3) is 0.240. The van der Waals surface area contributed by atoms with Crippen LogP contribution >= 0.6 is 0 Å². The van der Waals surface area contributed by atoms with Crippen molar-refractivity contribution in [2.75, 3.05) is 25.0 Å². The van der Waals surface area contributed by atoms with E-state index >= 15 is 0 Å². The van der Waals surface area contributed by atoms with Gasteiger partial charge in [-0.2, -0.15) is 8.61 Å². The molecule has 35 heavy (non-hydrogen) atoms. The summed E-state index contributed by atoms with van der Waals surface area (Å²) in [6, 6.07) is 20.0. The Hall–Kier alpha value is -3.05. The molecule has 3 aromatic rings. The molecule has 0 radical (unpaired) electrons. The topological polar surface area (TPSA) is 104 Å². The number of hydrogen-bond acceptors (Lipinski definition) is 5. The summed E-state index contributed by atoms with van der Waals surface area (Å²) >= 11 is 0. The van der Waals surface area contributed by atoms with Crippen molar-refractivity contribution in [3.05, 3.63) is 90.0 Å². The van der Waals surface area contributed by atoms with Crippen LogP contribution in [-0.2, 0) is 24.8 Å². The van der Waals surface area contributed by atoms with Gasteiger partial charge in [0.15, 0.2) is 0 Å². The Labute approximate surface area is 206 Å². The molecule has 1 amide bonds. The van der Waals surface area contributed by atoms with E-state index in [4.69, 9.17) is 0 Å². The van der Waals surface area contributed by atoms with E-state index in [1.54, 1.807) is 42.5 Å². The maximum atomic E-state index is 13.5. The smallest absolute Gasteiger partial charge is 0.244 e. The minimum Gasteiger partial charge on any atom is -0.324 e. The molecular formula is C25H27N3O5S2. The first kappa shape index (κ1) is 25.1. The van der Waals surface area contributed by atoms with Crippen LogP contribution in [0.1, 0.15) is 11.1 Å². The summed E-state index contributed by atoms with van der Waals surface area (Å²) < 4.78 is 55.7. The van der Waals surface area contributed by atoms with Gasteiger partial charge in [-0.3, -0.25) is 4.79 Å². The number of rotatable bonds is 6. The highest BCUT2D eigenvalue weighted by atomic mass is 32.2. The Kier molecular flexibility index (Phi) is 7.09. The molecule has 1 atom stereocenters. The van der Waals surface area contributed by atoms with E-state index in [9.17, 15) is 21.6 Å².